The van der Waals surface area contributed by atoms with Crippen molar-refractivity contribution in [2.24, 2.45) is 0 Å². The summed E-state index contributed by atoms with van der Waals surface area (Å²) < 4.78 is 25.4. The highest BCUT2D eigenvalue weighted by molar-refractivity contribution is 7.91. The summed E-state index contributed by atoms with van der Waals surface area (Å²) in [6.07, 6.45) is 0. The molecule has 0 unspecified atom stereocenters. The highest BCUT2D eigenvalue weighted by Gasteiger charge is 2.23. The van der Waals surface area contributed by atoms with Gasteiger partial charge in [-0.25, -0.2) is 8.42 Å². The van der Waals surface area contributed by atoms with Crippen LogP contribution in [0.15, 0.2) is 34.1 Å². The molecule has 0 bridgehead atoms. The van der Waals surface area contributed by atoms with Gasteiger partial charge in [-0.05, 0) is 74.2 Å². The lowest BCUT2D eigenvalue weighted by Gasteiger charge is -2.12. The van der Waals surface area contributed by atoms with E-state index < -0.39 is 9.84 Å². The molecule has 0 aliphatic rings. The highest BCUT2D eigenvalue weighted by Crippen LogP contribution is 2.33. The molecule has 2 rings (SSSR count). The summed E-state index contributed by atoms with van der Waals surface area (Å²) in [4.78, 5) is -0.0519. The maximum atomic E-state index is 12.7. The molecule has 0 atom stereocenters. The Morgan fingerprint density at radius 2 is 1.24 bits per heavy atom. The Morgan fingerprint density at radius 3 is 1.76 bits per heavy atom. The first-order chi connectivity index (χ1) is 9.64. The van der Waals surface area contributed by atoms with Crippen LogP contribution < -0.4 is 0 Å². The van der Waals surface area contributed by atoms with Gasteiger partial charge in [0.1, 0.15) is 16.4 Å². The first-order valence-electron chi connectivity index (χ1n) is 6.50. The predicted molar refractivity (Wildman–Crippen MR) is 80.6 cm³/mol. The number of aromatic hydroxyl groups is 2. The molecule has 0 aliphatic carbocycles. The van der Waals surface area contributed by atoms with E-state index in [0.717, 1.165) is 11.1 Å². The molecule has 0 saturated carbocycles. The molecule has 0 saturated heterocycles. The molecular weight excluding hydrogens is 288 g/mol. The van der Waals surface area contributed by atoms with E-state index >= 15 is 0 Å². The molecule has 21 heavy (non-hydrogen) atoms. The Balaban J connectivity index is 2.71. The SMILES string of the molecule is Cc1cc(O)c(S(=O)(=O)c2cc(C)c(O)c(C)c2)cc1C. The number of phenols is 2. The van der Waals surface area contributed by atoms with Gasteiger partial charge < -0.3 is 10.2 Å². The fraction of sp³-hybridized carbons (Fsp3) is 0.250. The third kappa shape index (κ3) is 2.61. The van der Waals surface area contributed by atoms with Crippen molar-refractivity contribution >= 4 is 9.84 Å². The van der Waals surface area contributed by atoms with Gasteiger partial charge in [-0.2, -0.15) is 0 Å². The molecule has 0 fully saturated rings. The molecule has 0 heterocycles. The number of hydrogen-bond acceptors (Lipinski definition) is 4. The summed E-state index contributed by atoms with van der Waals surface area (Å²) >= 11 is 0. The molecule has 5 heteroatoms. The van der Waals surface area contributed by atoms with Crippen molar-refractivity contribution in [3.63, 3.8) is 0 Å². The fourth-order valence-electron chi connectivity index (χ4n) is 2.19. The van der Waals surface area contributed by atoms with E-state index in [1.54, 1.807) is 27.7 Å². The molecular formula is C16H18O4S. The van der Waals surface area contributed by atoms with Crippen molar-refractivity contribution < 1.29 is 18.6 Å². The first kappa shape index (κ1) is 15.4. The van der Waals surface area contributed by atoms with E-state index in [0.29, 0.717) is 11.1 Å². The maximum absolute atomic E-state index is 12.7. The molecule has 4 nitrogen and oxygen atoms in total. The van der Waals surface area contributed by atoms with Crippen LogP contribution in [0.4, 0.5) is 0 Å². The first-order valence-corrected chi connectivity index (χ1v) is 7.98. The van der Waals surface area contributed by atoms with Gasteiger partial charge in [0, 0.05) is 0 Å². The number of hydrogen-bond donors (Lipinski definition) is 2. The second kappa shape index (κ2) is 5.07. The Labute approximate surface area is 124 Å². The van der Waals surface area contributed by atoms with Gasteiger partial charge in [-0.3, -0.25) is 0 Å². The lowest BCUT2D eigenvalue weighted by Crippen LogP contribution is -2.04. The van der Waals surface area contributed by atoms with Crippen LogP contribution in [0.1, 0.15) is 22.3 Å². The standard InChI is InChI=1S/C16H18O4S/c1-9-7-14(17)15(8-10(9)2)21(19,20)13-5-11(3)16(18)12(4)6-13/h5-8,17-18H,1-4H3. The van der Waals surface area contributed by atoms with E-state index in [1.807, 2.05) is 0 Å². The monoisotopic (exact) mass is 306 g/mol. The lowest BCUT2D eigenvalue weighted by atomic mass is 10.1. The molecule has 0 aromatic heterocycles. The van der Waals surface area contributed by atoms with Crippen molar-refractivity contribution in [1.29, 1.82) is 0 Å². The molecule has 0 spiro atoms. The molecule has 2 aromatic carbocycles. The van der Waals surface area contributed by atoms with Gasteiger partial charge >= 0.3 is 0 Å². The summed E-state index contributed by atoms with van der Waals surface area (Å²) in [5, 5.41) is 19.7. The highest BCUT2D eigenvalue weighted by atomic mass is 32.2. The van der Waals surface area contributed by atoms with Crippen LogP contribution >= 0.6 is 0 Å². The zero-order chi connectivity index (χ0) is 15.9. The van der Waals surface area contributed by atoms with Crippen LogP contribution in [-0.2, 0) is 9.84 Å². The minimum Gasteiger partial charge on any atom is -0.507 e. The molecule has 2 aromatic rings. The van der Waals surface area contributed by atoms with Crippen LogP contribution in [0.2, 0.25) is 0 Å². The van der Waals surface area contributed by atoms with Crippen molar-refractivity contribution in [1.82, 2.24) is 0 Å². The predicted octanol–water partition coefficient (Wildman–Crippen LogP) is 3.16. The zero-order valence-corrected chi connectivity index (χ0v) is 13.2. The second-order valence-corrected chi connectivity index (χ2v) is 7.23. The molecule has 0 aliphatic heterocycles. The molecule has 2 N–H and O–H groups in total. The topological polar surface area (TPSA) is 74.6 Å². The average molecular weight is 306 g/mol. The Morgan fingerprint density at radius 1 is 0.762 bits per heavy atom. The number of benzene rings is 2. The van der Waals surface area contributed by atoms with E-state index in [1.165, 1.54) is 24.3 Å². The van der Waals surface area contributed by atoms with Crippen LogP contribution in [0, 0.1) is 27.7 Å². The van der Waals surface area contributed by atoms with Gasteiger partial charge in [0.25, 0.3) is 0 Å². The maximum Gasteiger partial charge on any atom is 0.210 e. The van der Waals surface area contributed by atoms with Crippen molar-refractivity contribution in [3.05, 3.63) is 46.5 Å². The van der Waals surface area contributed by atoms with Crippen LogP contribution in [0.5, 0.6) is 11.5 Å². The van der Waals surface area contributed by atoms with Gasteiger partial charge in [0.05, 0.1) is 4.90 Å². The summed E-state index contributed by atoms with van der Waals surface area (Å²) in [5.41, 5.74) is 2.58. The summed E-state index contributed by atoms with van der Waals surface area (Å²) in [5.74, 6) is -0.181. The van der Waals surface area contributed by atoms with Crippen molar-refractivity contribution in [2.75, 3.05) is 0 Å². The second-order valence-electron chi connectivity index (χ2n) is 5.31. The van der Waals surface area contributed by atoms with E-state index in [9.17, 15) is 18.6 Å². The summed E-state index contributed by atoms with van der Waals surface area (Å²) in [7, 11) is -3.83. The summed E-state index contributed by atoms with van der Waals surface area (Å²) in [6, 6.07) is 5.73. The van der Waals surface area contributed by atoms with Gasteiger partial charge in [-0.1, -0.05) is 0 Å². The van der Waals surface area contributed by atoms with Gasteiger partial charge in [0.15, 0.2) is 0 Å². The number of sulfone groups is 1. The third-order valence-corrected chi connectivity index (χ3v) is 5.40. The molecule has 0 amide bonds. The minimum atomic E-state index is -3.83. The van der Waals surface area contributed by atoms with E-state index in [2.05, 4.69) is 0 Å². The average Bonchev–Trinajstić information content (AvgIpc) is 2.39. The number of aryl methyl sites for hydroxylation is 4. The minimum absolute atomic E-state index is 0.0638. The fourth-order valence-corrected chi connectivity index (χ4v) is 3.77. The molecule has 0 radical (unpaired) electrons. The van der Waals surface area contributed by atoms with Gasteiger partial charge in [0.2, 0.25) is 9.84 Å². The number of phenolic OH excluding ortho intramolecular Hbond substituents is 2. The largest absolute Gasteiger partial charge is 0.507 e. The third-order valence-electron chi connectivity index (χ3n) is 3.64. The Kier molecular flexibility index (Phi) is 3.72. The van der Waals surface area contributed by atoms with Crippen LogP contribution in [-0.4, -0.2) is 18.6 Å². The normalized spacial score (nSPS) is 11.6. The quantitative estimate of drug-likeness (QED) is 0.893. The lowest BCUT2D eigenvalue weighted by molar-refractivity contribution is 0.458. The van der Waals surface area contributed by atoms with Gasteiger partial charge in [-0.15, -0.1) is 0 Å². The van der Waals surface area contributed by atoms with Crippen LogP contribution in [0.25, 0.3) is 0 Å². The number of rotatable bonds is 2. The van der Waals surface area contributed by atoms with E-state index in [4.69, 9.17) is 0 Å². The smallest absolute Gasteiger partial charge is 0.210 e. The summed E-state index contributed by atoms with van der Waals surface area (Å²) in [6.45, 7) is 6.88. The van der Waals surface area contributed by atoms with Crippen molar-refractivity contribution in [3.8, 4) is 11.5 Å². The van der Waals surface area contributed by atoms with Crippen LogP contribution in [0.3, 0.4) is 0 Å². The Bertz CT molecular complexity index is 797. The Hall–Kier alpha value is -2.01. The van der Waals surface area contributed by atoms with Crippen molar-refractivity contribution in [2.45, 2.75) is 37.5 Å². The zero-order valence-electron chi connectivity index (χ0n) is 12.4. The van der Waals surface area contributed by atoms with E-state index in [-0.39, 0.29) is 21.3 Å². The molecule has 112 valence electrons.